The summed E-state index contributed by atoms with van der Waals surface area (Å²) < 4.78 is 12.9. The Labute approximate surface area is 107 Å². The van der Waals surface area contributed by atoms with Gasteiger partial charge >= 0.3 is 5.97 Å². The lowest BCUT2D eigenvalue weighted by Gasteiger charge is -2.29. The first-order chi connectivity index (χ1) is 8.50. The van der Waals surface area contributed by atoms with Gasteiger partial charge in [-0.15, -0.1) is 0 Å². The summed E-state index contributed by atoms with van der Waals surface area (Å²) in [5, 5.41) is 8.58. The zero-order valence-corrected chi connectivity index (χ0v) is 10.9. The van der Waals surface area contributed by atoms with E-state index in [1.54, 1.807) is 12.1 Å². The molecular weight excluding hydrogens is 233 g/mol. The highest BCUT2D eigenvalue weighted by Gasteiger charge is 2.10. The molecular formula is C14H20FNO2. The summed E-state index contributed by atoms with van der Waals surface area (Å²) in [6, 6.07) is 6.71. The van der Waals surface area contributed by atoms with E-state index in [1.165, 1.54) is 12.1 Å². The molecule has 1 N–H and O–H groups in total. The van der Waals surface area contributed by atoms with Crippen LogP contribution in [-0.4, -0.2) is 23.7 Å². The Morgan fingerprint density at radius 3 is 2.39 bits per heavy atom. The molecule has 4 heteroatoms. The highest BCUT2D eigenvalue weighted by atomic mass is 19.1. The first-order valence-corrected chi connectivity index (χ1v) is 6.24. The number of hydrogen-bond acceptors (Lipinski definition) is 2. The van der Waals surface area contributed by atoms with Gasteiger partial charge in [-0.1, -0.05) is 0 Å². The molecule has 0 fully saturated rings. The molecule has 0 saturated carbocycles. The fourth-order valence-corrected chi connectivity index (χ4v) is 1.88. The molecule has 0 aliphatic heterocycles. The summed E-state index contributed by atoms with van der Waals surface area (Å²) in [5.74, 6) is -0.999. The van der Waals surface area contributed by atoms with E-state index in [2.05, 4.69) is 18.7 Å². The molecule has 0 aliphatic rings. The van der Waals surface area contributed by atoms with Crippen LogP contribution in [0.25, 0.3) is 0 Å². The average Bonchev–Trinajstić information content (AvgIpc) is 2.30. The molecule has 18 heavy (non-hydrogen) atoms. The number of carboxylic acid groups (broad SMARTS) is 1. The van der Waals surface area contributed by atoms with Crippen LogP contribution < -0.4 is 4.90 Å². The van der Waals surface area contributed by atoms with Crippen molar-refractivity contribution in [3.8, 4) is 0 Å². The average molecular weight is 253 g/mol. The zero-order chi connectivity index (χ0) is 13.5. The molecule has 0 atom stereocenters. The van der Waals surface area contributed by atoms with Crippen LogP contribution in [0.1, 0.15) is 33.1 Å². The Hall–Kier alpha value is -1.58. The summed E-state index contributed by atoms with van der Waals surface area (Å²) in [6.07, 6.45) is 1.69. The number of unbranched alkanes of at least 4 members (excludes halogenated alkanes) is 1. The SMILES string of the molecule is CC(C)N(CCCCC(=O)O)c1ccc(F)cc1. The maximum Gasteiger partial charge on any atom is 0.303 e. The van der Waals surface area contributed by atoms with Gasteiger partial charge in [0.2, 0.25) is 0 Å². The first kappa shape index (κ1) is 14.5. The van der Waals surface area contributed by atoms with Crippen molar-refractivity contribution in [3.05, 3.63) is 30.1 Å². The summed E-state index contributed by atoms with van der Waals surface area (Å²) in [7, 11) is 0. The van der Waals surface area contributed by atoms with Crippen LogP contribution in [-0.2, 0) is 4.79 Å². The fourth-order valence-electron chi connectivity index (χ4n) is 1.88. The van der Waals surface area contributed by atoms with Gasteiger partial charge in [0.25, 0.3) is 0 Å². The minimum Gasteiger partial charge on any atom is -0.481 e. The quantitative estimate of drug-likeness (QED) is 0.758. The molecule has 1 rings (SSSR count). The number of benzene rings is 1. The number of anilines is 1. The second-order valence-corrected chi connectivity index (χ2v) is 4.61. The monoisotopic (exact) mass is 253 g/mol. The molecule has 100 valence electrons. The molecule has 0 spiro atoms. The number of rotatable bonds is 7. The van der Waals surface area contributed by atoms with Gasteiger partial charge < -0.3 is 10.0 Å². The molecule has 0 aromatic heterocycles. The van der Waals surface area contributed by atoms with Crippen molar-refractivity contribution in [2.45, 2.75) is 39.2 Å². The summed E-state index contributed by atoms with van der Waals surface area (Å²) in [4.78, 5) is 12.6. The third kappa shape index (κ3) is 4.73. The molecule has 3 nitrogen and oxygen atoms in total. The smallest absolute Gasteiger partial charge is 0.303 e. The van der Waals surface area contributed by atoms with Crippen molar-refractivity contribution in [2.24, 2.45) is 0 Å². The van der Waals surface area contributed by atoms with Gasteiger partial charge in [0.05, 0.1) is 0 Å². The lowest BCUT2D eigenvalue weighted by Crippen LogP contribution is -2.31. The maximum absolute atomic E-state index is 12.9. The highest BCUT2D eigenvalue weighted by Crippen LogP contribution is 2.18. The van der Waals surface area contributed by atoms with Crippen LogP contribution in [0.2, 0.25) is 0 Å². The van der Waals surface area contributed by atoms with E-state index < -0.39 is 5.97 Å². The number of halogens is 1. The zero-order valence-electron chi connectivity index (χ0n) is 10.9. The Bertz CT molecular complexity index is 376. The topological polar surface area (TPSA) is 40.5 Å². The fraction of sp³-hybridized carbons (Fsp3) is 0.500. The van der Waals surface area contributed by atoms with Crippen LogP contribution >= 0.6 is 0 Å². The predicted octanol–water partition coefficient (Wildman–Crippen LogP) is 3.30. The van der Waals surface area contributed by atoms with Crippen molar-refractivity contribution in [3.63, 3.8) is 0 Å². The molecule has 0 aliphatic carbocycles. The van der Waals surface area contributed by atoms with Gasteiger partial charge in [-0.25, -0.2) is 4.39 Å². The molecule has 0 amide bonds. The minimum atomic E-state index is -0.757. The Morgan fingerprint density at radius 2 is 1.89 bits per heavy atom. The molecule has 1 aromatic rings. The molecule has 0 radical (unpaired) electrons. The molecule has 0 saturated heterocycles. The maximum atomic E-state index is 12.9. The lowest BCUT2D eigenvalue weighted by molar-refractivity contribution is -0.137. The third-order valence-electron chi connectivity index (χ3n) is 2.82. The third-order valence-corrected chi connectivity index (χ3v) is 2.82. The largest absolute Gasteiger partial charge is 0.481 e. The second kappa shape index (κ2) is 6.99. The van der Waals surface area contributed by atoms with Crippen molar-refractivity contribution < 1.29 is 14.3 Å². The van der Waals surface area contributed by atoms with Gasteiger partial charge in [-0.05, 0) is 51.0 Å². The number of nitrogens with zero attached hydrogens (tertiary/aromatic N) is 1. The molecule has 0 bridgehead atoms. The minimum absolute atomic E-state index is 0.204. The molecule has 0 unspecified atom stereocenters. The first-order valence-electron chi connectivity index (χ1n) is 6.24. The number of hydrogen-bond donors (Lipinski definition) is 1. The van der Waals surface area contributed by atoms with Crippen molar-refractivity contribution in [1.29, 1.82) is 0 Å². The van der Waals surface area contributed by atoms with Crippen LogP contribution in [0.4, 0.5) is 10.1 Å². The van der Waals surface area contributed by atoms with Gasteiger partial charge in [-0.3, -0.25) is 4.79 Å². The van der Waals surface area contributed by atoms with Crippen molar-refractivity contribution in [1.82, 2.24) is 0 Å². The lowest BCUT2D eigenvalue weighted by atomic mass is 10.2. The molecule has 1 aromatic carbocycles. The van der Waals surface area contributed by atoms with Crippen molar-refractivity contribution >= 4 is 11.7 Å². The van der Waals surface area contributed by atoms with E-state index in [0.717, 1.165) is 18.7 Å². The van der Waals surface area contributed by atoms with Crippen LogP contribution in [0.5, 0.6) is 0 Å². The Balaban J connectivity index is 2.55. The van der Waals surface area contributed by atoms with Crippen LogP contribution in [0.15, 0.2) is 24.3 Å². The van der Waals surface area contributed by atoms with E-state index in [-0.39, 0.29) is 12.2 Å². The predicted molar refractivity (Wildman–Crippen MR) is 70.4 cm³/mol. The van der Waals surface area contributed by atoms with Gasteiger partial charge in [0.15, 0.2) is 0 Å². The van der Waals surface area contributed by atoms with Crippen LogP contribution in [0.3, 0.4) is 0 Å². The van der Waals surface area contributed by atoms with E-state index in [0.29, 0.717) is 12.5 Å². The summed E-state index contributed by atoms with van der Waals surface area (Å²) in [5.41, 5.74) is 0.974. The van der Waals surface area contributed by atoms with Gasteiger partial charge in [0.1, 0.15) is 5.82 Å². The number of aliphatic carboxylic acids is 1. The van der Waals surface area contributed by atoms with Gasteiger partial charge in [0, 0.05) is 24.7 Å². The summed E-state index contributed by atoms with van der Waals surface area (Å²) in [6.45, 7) is 4.93. The second-order valence-electron chi connectivity index (χ2n) is 4.61. The Morgan fingerprint density at radius 1 is 1.28 bits per heavy atom. The van der Waals surface area contributed by atoms with Crippen molar-refractivity contribution in [2.75, 3.05) is 11.4 Å². The van der Waals surface area contributed by atoms with Crippen LogP contribution in [0, 0.1) is 5.82 Å². The summed E-state index contributed by atoms with van der Waals surface area (Å²) >= 11 is 0. The number of carbonyl (C=O) groups is 1. The molecule has 0 heterocycles. The standard InChI is InChI=1S/C14H20FNO2/c1-11(2)16(10-4-3-5-14(17)18)13-8-6-12(15)7-9-13/h6-9,11H,3-5,10H2,1-2H3,(H,17,18). The highest BCUT2D eigenvalue weighted by molar-refractivity contribution is 5.66. The number of carboxylic acids is 1. The van der Waals surface area contributed by atoms with E-state index >= 15 is 0 Å². The van der Waals surface area contributed by atoms with E-state index in [9.17, 15) is 9.18 Å². The Kier molecular flexibility index (Phi) is 5.62. The van der Waals surface area contributed by atoms with Gasteiger partial charge in [-0.2, -0.15) is 0 Å². The normalized spacial score (nSPS) is 10.7. The van der Waals surface area contributed by atoms with E-state index in [4.69, 9.17) is 5.11 Å². The van der Waals surface area contributed by atoms with E-state index in [1.807, 2.05) is 0 Å².